The first kappa shape index (κ1) is 14.1. The third-order valence-electron chi connectivity index (χ3n) is 3.31. The van der Waals surface area contributed by atoms with Crippen molar-refractivity contribution < 1.29 is 0 Å². The number of anilines is 1. The molecule has 1 heterocycles. The number of fused-ring (bicyclic) bond motifs is 1. The fourth-order valence-corrected chi connectivity index (χ4v) is 2.59. The zero-order chi connectivity index (χ0) is 13.8. The number of aromatic nitrogens is 1. The smallest absolute Gasteiger partial charge is 0.129 e. The van der Waals surface area contributed by atoms with Crippen molar-refractivity contribution in [3.05, 3.63) is 35.9 Å². The lowest BCUT2D eigenvalue weighted by molar-refractivity contribution is 0.663. The molecule has 0 bridgehead atoms. The Bertz CT molecular complexity index is 551. The number of alkyl halides is 1. The van der Waals surface area contributed by atoms with Crippen LogP contribution in [0.2, 0.25) is 0 Å². The average Bonchev–Trinajstić information content (AvgIpc) is 2.43. The number of rotatable bonds is 5. The fourth-order valence-electron chi connectivity index (χ4n) is 2.37. The molecule has 0 radical (unpaired) electrons. The van der Waals surface area contributed by atoms with Gasteiger partial charge in [-0.1, -0.05) is 25.1 Å². The van der Waals surface area contributed by atoms with Gasteiger partial charge in [-0.3, -0.25) is 0 Å². The molecule has 1 aromatic heterocycles. The van der Waals surface area contributed by atoms with E-state index in [9.17, 15) is 0 Å². The van der Waals surface area contributed by atoms with Crippen LogP contribution in [-0.2, 0) is 5.88 Å². The summed E-state index contributed by atoms with van der Waals surface area (Å²) in [6.07, 6.45) is 1.11. The number of nitrogens with zero attached hydrogens (tertiary/aromatic N) is 2. The van der Waals surface area contributed by atoms with Gasteiger partial charge in [-0.25, -0.2) is 4.98 Å². The third kappa shape index (κ3) is 3.01. The summed E-state index contributed by atoms with van der Waals surface area (Å²) in [6, 6.07) is 10.8. The highest BCUT2D eigenvalue weighted by Gasteiger charge is 2.13. The second kappa shape index (κ2) is 6.25. The van der Waals surface area contributed by atoms with Gasteiger partial charge in [0.2, 0.25) is 0 Å². The minimum absolute atomic E-state index is 0.441. The third-order valence-corrected chi connectivity index (χ3v) is 3.60. The topological polar surface area (TPSA) is 16.1 Å². The van der Waals surface area contributed by atoms with Crippen LogP contribution in [0.4, 0.5) is 5.82 Å². The monoisotopic (exact) mass is 276 g/mol. The Morgan fingerprint density at radius 3 is 2.63 bits per heavy atom. The Kier molecular flexibility index (Phi) is 4.65. The Labute approximate surface area is 120 Å². The van der Waals surface area contributed by atoms with Crippen molar-refractivity contribution in [3.8, 4) is 0 Å². The molecule has 2 rings (SSSR count). The van der Waals surface area contributed by atoms with E-state index in [0.717, 1.165) is 35.2 Å². The lowest BCUT2D eigenvalue weighted by Gasteiger charge is -2.28. The highest BCUT2D eigenvalue weighted by molar-refractivity contribution is 6.18. The Hall–Kier alpha value is -1.28. The Balaban J connectivity index is 2.54. The average molecular weight is 277 g/mol. The standard InChI is InChI=1S/C16H21ClN2/c1-4-9-19(12(2)3)16-10-13(11-17)14-7-5-6-8-15(14)18-16/h5-8,10,12H,4,9,11H2,1-3H3. The van der Waals surface area contributed by atoms with E-state index in [1.165, 1.54) is 0 Å². The second-order valence-corrected chi connectivity index (χ2v) is 5.34. The Morgan fingerprint density at radius 1 is 1.26 bits per heavy atom. The van der Waals surface area contributed by atoms with E-state index in [-0.39, 0.29) is 0 Å². The minimum Gasteiger partial charge on any atom is -0.354 e. The summed E-state index contributed by atoms with van der Waals surface area (Å²) >= 11 is 6.09. The molecular weight excluding hydrogens is 256 g/mol. The predicted octanol–water partition coefficient (Wildman–Crippen LogP) is 4.60. The van der Waals surface area contributed by atoms with Crippen LogP contribution in [0.25, 0.3) is 10.9 Å². The molecular formula is C16H21ClN2. The van der Waals surface area contributed by atoms with Gasteiger partial charge in [-0.2, -0.15) is 0 Å². The van der Waals surface area contributed by atoms with Gasteiger partial charge in [0.25, 0.3) is 0 Å². The molecule has 2 nitrogen and oxygen atoms in total. The zero-order valence-electron chi connectivity index (χ0n) is 11.9. The van der Waals surface area contributed by atoms with Crippen molar-refractivity contribution in [2.24, 2.45) is 0 Å². The zero-order valence-corrected chi connectivity index (χ0v) is 12.6. The molecule has 0 aliphatic carbocycles. The van der Waals surface area contributed by atoms with Crippen LogP contribution >= 0.6 is 11.6 Å². The van der Waals surface area contributed by atoms with E-state index in [1.54, 1.807) is 0 Å². The molecule has 0 aliphatic rings. The van der Waals surface area contributed by atoms with E-state index in [0.29, 0.717) is 11.9 Å². The lowest BCUT2D eigenvalue weighted by Crippen LogP contribution is -2.32. The van der Waals surface area contributed by atoms with Crippen LogP contribution in [0, 0.1) is 0 Å². The van der Waals surface area contributed by atoms with E-state index >= 15 is 0 Å². The molecule has 0 saturated heterocycles. The number of hydrogen-bond donors (Lipinski definition) is 0. The number of halogens is 1. The van der Waals surface area contributed by atoms with Crippen molar-refractivity contribution in [3.63, 3.8) is 0 Å². The maximum absolute atomic E-state index is 6.09. The number of hydrogen-bond acceptors (Lipinski definition) is 2. The summed E-state index contributed by atoms with van der Waals surface area (Å²) in [7, 11) is 0. The highest BCUT2D eigenvalue weighted by atomic mass is 35.5. The summed E-state index contributed by atoms with van der Waals surface area (Å²) in [5, 5.41) is 1.15. The van der Waals surface area contributed by atoms with Crippen LogP contribution in [0.5, 0.6) is 0 Å². The van der Waals surface area contributed by atoms with E-state index in [4.69, 9.17) is 16.6 Å². The molecule has 1 aromatic carbocycles. The van der Waals surface area contributed by atoms with Gasteiger partial charge in [0.15, 0.2) is 0 Å². The van der Waals surface area contributed by atoms with Gasteiger partial charge in [0.1, 0.15) is 5.82 Å². The number of pyridine rings is 1. The quantitative estimate of drug-likeness (QED) is 0.742. The summed E-state index contributed by atoms with van der Waals surface area (Å²) in [5.74, 6) is 1.56. The maximum Gasteiger partial charge on any atom is 0.129 e. The molecule has 0 saturated carbocycles. The maximum atomic E-state index is 6.09. The van der Waals surface area contributed by atoms with Crippen LogP contribution in [0.15, 0.2) is 30.3 Å². The molecule has 2 aromatic rings. The summed E-state index contributed by atoms with van der Waals surface area (Å²) in [5.41, 5.74) is 2.18. The molecule has 0 spiro atoms. The van der Waals surface area contributed by atoms with Crippen molar-refractivity contribution in [2.45, 2.75) is 39.1 Å². The molecule has 0 aliphatic heterocycles. The van der Waals surface area contributed by atoms with Crippen LogP contribution < -0.4 is 4.90 Å². The van der Waals surface area contributed by atoms with Crippen LogP contribution in [0.3, 0.4) is 0 Å². The first-order valence-electron chi connectivity index (χ1n) is 6.88. The van der Waals surface area contributed by atoms with Gasteiger partial charge in [-0.15, -0.1) is 11.6 Å². The lowest BCUT2D eigenvalue weighted by atomic mass is 10.1. The van der Waals surface area contributed by atoms with Crippen LogP contribution in [-0.4, -0.2) is 17.6 Å². The number of para-hydroxylation sites is 1. The molecule has 102 valence electrons. The van der Waals surface area contributed by atoms with Crippen molar-refractivity contribution in [1.82, 2.24) is 4.98 Å². The van der Waals surface area contributed by atoms with Crippen LogP contribution in [0.1, 0.15) is 32.8 Å². The molecule has 0 unspecified atom stereocenters. The first-order valence-corrected chi connectivity index (χ1v) is 7.42. The predicted molar refractivity (Wildman–Crippen MR) is 84.1 cm³/mol. The molecule has 0 atom stereocenters. The first-order chi connectivity index (χ1) is 9.17. The van der Waals surface area contributed by atoms with Gasteiger partial charge in [-0.05, 0) is 38.0 Å². The molecule has 0 amide bonds. The molecule has 3 heteroatoms. The Morgan fingerprint density at radius 2 is 2.00 bits per heavy atom. The second-order valence-electron chi connectivity index (χ2n) is 5.08. The minimum atomic E-state index is 0.441. The van der Waals surface area contributed by atoms with Gasteiger partial charge >= 0.3 is 0 Å². The molecule has 19 heavy (non-hydrogen) atoms. The van der Waals surface area contributed by atoms with E-state index in [2.05, 4.69) is 43.9 Å². The van der Waals surface area contributed by atoms with Crippen molar-refractivity contribution >= 4 is 28.3 Å². The van der Waals surface area contributed by atoms with Gasteiger partial charge in [0, 0.05) is 23.9 Å². The van der Waals surface area contributed by atoms with Crippen molar-refractivity contribution in [1.29, 1.82) is 0 Å². The normalized spacial score (nSPS) is 11.2. The summed E-state index contributed by atoms with van der Waals surface area (Å²) in [4.78, 5) is 7.13. The highest BCUT2D eigenvalue weighted by Crippen LogP contribution is 2.25. The van der Waals surface area contributed by atoms with Gasteiger partial charge < -0.3 is 4.90 Å². The fraction of sp³-hybridized carbons (Fsp3) is 0.438. The largest absolute Gasteiger partial charge is 0.354 e. The van der Waals surface area contributed by atoms with E-state index < -0.39 is 0 Å². The summed E-state index contributed by atoms with van der Waals surface area (Å²) in [6.45, 7) is 7.61. The SMILES string of the molecule is CCCN(c1cc(CCl)c2ccccc2n1)C(C)C. The molecule has 0 fully saturated rings. The summed E-state index contributed by atoms with van der Waals surface area (Å²) < 4.78 is 0. The van der Waals surface area contributed by atoms with Crippen molar-refractivity contribution in [2.75, 3.05) is 11.4 Å². The molecule has 0 N–H and O–H groups in total. The number of benzene rings is 1. The van der Waals surface area contributed by atoms with Gasteiger partial charge in [0.05, 0.1) is 5.52 Å². The van der Waals surface area contributed by atoms with E-state index in [1.807, 2.05) is 12.1 Å².